The van der Waals surface area contributed by atoms with E-state index < -0.39 is 11.8 Å². The van der Waals surface area contributed by atoms with Crippen molar-refractivity contribution in [3.8, 4) is 11.5 Å². The molecule has 0 radical (unpaired) electrons. The first-order chi connectivity index (χ1) is 15.8. The van der Waals surface area contributed by atoms with Gasteiger partial charge in [-0.05, 0) is 59.7 Å². The number of nitrogens with one attached hydrogen (secondary N) is 1. The Kier molecular flexibility index (Phi) is 6.33. The number of fused-ring (bicyclic) bond motifs is 1. The molecule has 0 bridgehead atoms. The van der Waals surface area contributed by atoms with Gasteiger partial charge in [0.15, 0.2) is 0 Å². The van der Waals surface area contributed by atoms with Crippen LogP contribution >= 0.6 is 11.6 Å². The Morgan fingerprint density at radius 3 is 2.61 bits per heavy atom. The summed E-state index contributed by atoms with van der Waals surface area (Å²) >= 11 is 6.04. The van der Waals surface area contributed by atoms with Crippen molar-refractivity contribution in [3.63, 3.8) is 0 Å². The zero-order valence-corrected chi connectivity index (χ0v) is 18.4. The molecule has 8 heteroatoms. The second-order valence-corrected chi connectivity index (χ2v) is 8.03. The molecule has 0 aliphatic carbocycles. The first-order valence-corrected chi connectivity index (χ1v) is 10.5. The van der Waals surface area contributed by atoms with Gasteiger partial charge in [0.25, 0.3) is 5.91 Å². The van der Waals surface area contributed by atoms with Gasteiger partial charge in [0.1, 0.15) is 23.0 Å². The quantitative estimate of drug-likeness (QED) is 0.386. The van der Waals surface area contributed by atoms with Gasteiger partial charge in [0, 0.05) is 35.6 Å². The molecule has 4 rings (SSSR count). The lowest BCUT2D eigenvalue weighted by Crippen LogP contribution is -2.24. The minimum Gasteiger partial charge on any atom is -0.481 e. The molecular formula is C25H20ClFN2O4. The van der Waals surface area contributed by atoms with Crippen LogP contribution in [-0.2, 0) is 24.8 Å². The Hall–Kier alpha value is -3.84. The molecular weight excluding hydrogens is 447 g/mol. The topological polar surface area (TPSA) is 80.6 Å². The van der Waals surface area contributed by atoms with Crippen LogP contribution in [0.1, 0.15) is 21.6 Å². The summed E-state index contributed by atoms with van der Waals surface area (Å²) in [6.07, 6.45) is -0.141. The molecule has 0 atom stereocenters. The van der Waals surface area contributed by atoms with E-state index in [0.717, 1.165) is 10.9 Å². The molecule has 33 heavy (non-hydrogen) atoms. The average Bonchev–Trinajstić information content (AvgIpc) is 3.07. The largest absolute Gasteiger partial charge is 0.481 e. The number of rotatable bonds is 7. The fourth-order valence-corrected chi connectivity index (χ4v) is 3.80. The van der Waals surface area contributed by atoms with Gasteiger partial charge in [0.05, 0.1) is 6.42 Å². The molecule has 0 saturated heterocycles. The smallest absolute Gasteiger partial charge is 0.307 e. The summed E-state index contributed by atoms with van der Waals surface area (Å²) in [5.41, 5.74) is 2.41. The van der Waals surface area contributed by atoms with E-state index in [0.29, 0.717) is 27.6 Å². The van der Waals surface area contributed by atoms with Gasteiger partial charge in [-0.25, -0.2) is 4.39 Å². The Labute approximate surface area is 194 Å². The van der Waals surface area contributed by atoms with E-state index in [1.807, 2.05) is 6.07 Å². The third-order valence-electron chi connectivity index (χ3n) is 5.11. The van der Waals surface area contributed by atoms with E-state index in [1.54, 1.807) is 60.1 Å². The minimum absolute atomic E-state index is 0.0916. The lowest BCUT2D eigenvalue weighted by atomic mass is 10.1. The molecule has 0 aliphatic heterocycles. The molecule has 0 spiro atoms. The third kappa shape index (κ3) is 5.32. The van der Waals surface area contributed by atoms with Crippen molar-refractivity contribution >= 4 is 34.4 Å². The van der Waals surface area contributed by atoms with Gasteiger partial charge in [-0.2, -0.15) is 0 Å². The minimum atomic E-state index is -0.954. The molecule has 0 aliphatic rings. The Morgan fingerprint density at radius 2 is 1.82 bits per heavy atom. The van der Waals surface area contributed by atoms with Crippen LogP contribution in [0.2, 0.25) is 5.02 Å². The van der Waals surface area contributed by atoms with E-state index in [1.165, 1.54) is 12.1 Å². The van der Waals surface area contributed by atoms with Crippen molar-refractivity contribution in [1.82, 2.24) is 9.88 Å². The van der Waals surface area contributed by atoms with Crippen molar-refractivity contribution in [1.29, 1.82) is 0 Å². The highest BCUT2D eigenvalue weighted by Gasteiger charge is 2.14. The Morgan fingerprint density at radius 1 is 1.03 bits per heavy atom. The molecule has 1 heterocycles. The Balaban J connectivity index is 1.48. The molecule has 4 aromatic rings. The number of halogens is 2. The lowest BCUT2D eigenvalue weighted by Gasteiger charge is -2.11. The molecule has 6 nitrogen and oxygen atoms in total. The molecule has 1 aromatic heterocycles. The first kappa shape index (κ1) is 22.4. The van der Waals surface area contributed by atoms with E-state index in [2.05, 4.69) is 5.32 Å². The molecule has 2 N–H and O–H groups in total. The van der Waals surface area contributed by atoms with Gasteiger partial charge in [0.2, 0.25) is 0 Å². The average molecular weight is 467 g/mol. The van der Waals surface area contributed by atoms with Crippen LogP contribution in [0.5, 0.6) is 11.5 Å². The van der Waals surface area contributed by atoms with Gasteiger partial charge >= 0.3 is 5.97 Å². The number of aryl methyl sites for hydroxylation is 1. The number of carboxylic acid groups (broad SMARTS) is 1. The van der Waals surface area contributed by atoms with Crippen molar-refractivity contribution in [2.45, 2.75) is 13.0 Å². The number of aliphatic carboxylic acids is 1. The normalized spacial score (nSPS) is 10.9. The monoisotopic (exact) mass is 466 g/mol. The second-order valence-electron chi connectivity index (χ2n) is 7.59. The van der Waals surface area contributed by atoms with Gasteiger partial charge in [-0.1, -0.05) is 23.7 Å². The van der Waals surface area contributed by atoms with Gasteiger partial charge < -0.3 is 19.7 Å². The molecule has 3 aromatic carbocycles. The highest BCUT2D eigenvalue weighted by atomic mass is 35.5. The summed E-state index contributed by atoms with van der Waals surface area (Å²) in [5.74, 6) is -1.14. The number of amides is 1. The summed E-state index contributed by atoms with van der Waals surface area (Å²) in [6.45, 7) is 0.0916. The van der Waals surface area contributed by atoms with Crippen molar-refractivity contribution < 1.29 is 23.8 Å². The zero-order chi connectivity index (χ0) is 23.5. The number of nitrogens with zero attached hydrogens (tertiary/aromatic N) is 1. The van der Waals surface area contributed by atoms with E-state index in [9.17, 15) is 14.0 Å². The molecule has 1 amide bonds. The van der Waals surface area contributed by atoms with Crippen LogP contribution in [0.25, 0.3) is 10.9 Å². The fourth-order valence-electron chi connectivity index (χ4n) is 3.62. The predicted octanol–water partition coefficient (Wildman–Crippen LogP) is 5.32. The number of carboxylic acids is 1. The first-order valence-electron chi connectivity index (χ1n) is 10.1. The zero-order valence-electron chi connectivity index (χ0n) is 17.6. The highest BCUT2D eigenvalue weighted by Crippen LogP contribution is 2.25. The second kappa shape index (κ2) is 9.34. The van der Waals surface area contributed by atoms with Crippen molar-refractivity contribution in [3.05, 3.63) is 94.4 Å². The van der Waals surface area contributed by atoms with Crippen LogP contribution in [-0.4, -0.2) is 21.6 Å². The number of ether oxygens (including phenoxy) is 1. The maximum absolute atomic E-state index is 14.2. The van der Waals surface area contributed by atoms with Crippen LogP contribution in [0.4, 0.5) is 4.39 Å². The van der Waals surface area contributed by atoms with E-state index >= 15 is 0 Å². The molecule has 168 valence electrons. The van der Waals surface area contributed by atoms with Crippen LogP contribution < -0.4 is 10.1 Å². The van der Waals surface area contributed by atoms with Crippen LogP contribution in [0.3, 0.4) is 0 Å². The van der Waals surface area contributed by atoms with E-state index in [4.69, 9.17) is 21.4 Å². The number of hydrogen-bond acceptors (Lipinski definition) is 3. The summed E-state index contributed by atoms with van der Waals surface area (Å²) in [4.78, 5) is 23.7. The predicted molar refractivity (Wildman–Crippen MR) is 123 cm³/mol. The van der Waals surface area contributed by atoms with Crippen LogP contribution in [0.15, 0.2) is 66.7 Å². The summed E-state index contributed by atoms with van der Waals surface area (Å²) in [5, 5.41) is 13.2. The maximum Gasteiger partial charge on any atom is 0.307 e. The van der Waals surface area contributed by atoms with Crippen molar-refractivity contribution in [2.75, 3.05) is 0 Å². The maximum atomic E-state index is 14.2. The van der Waals surface area contributed by atoms with Gasteiger partial charge in [-0.3, -0.25) is 9.59 Å². The van der Waals surface area contributed by atoms with Crippen LogP contribution in [0, 0.1) is 5.82 Å². The molecule has 0 fully saturated rings. The summed E-state index contributed by atoms with van der Waals surface area (Å²) in [7, 11) is 1.79. The summed E-state index contributed by atoms with van der Waals surface area (Å²) in [6, 6.07) is 17.9. The molecule has 0 saturated carbocycles. The SMILES string of the molecule is Cn1c(C(=O)NCc2cc(F)cc(Oc3cccc(CC(=O)O)c3)c2)cc2cc(Cl)ccc21. The standard InChI is InChI=1S/C25H20ClFN2O4/c1-29-22-6-5-18(26)11-17(22)12-23(29)25(32)28-14-16-7-19(27)13-21(9-16)33-20-4-2-3-15(8-20)10-24(30)31/h2-9,11-13H,10,14H2,1H3,(H,28,32)(H,30,31). The lowest BCUT2D eigenvalue weighted by molar-refractivity contribution is -0.136. The van der Waals surface area contributed by atoms with Crippen molar-refractivity contribution in [2.24, 2.45) is 7.05 Å². The fraction of sp³-hybridized carbons (Fsp3) is 0.120. The Bertz CT molecular complexity index is 1370. The number of aromatic nitrogens is 1. The highest BCUT2D eigenvalue weighted by molar-refractivity contribution is 6.31. The third-order valence-corrected chi connectivity index (χ3v) is 5.35. The number of hydrogen-bond donors (Lipinski definition) is 2. The molecule has 0 unspecified atom stereocenters. The number of benzene rings is 3. The number of carbonyl (C=O) groups is 2. The van der Waals surface area contributed by atoms with E-state index in [-0.39, 0.29) is 24.6 Å². The number of carbonyl (C=O) groups excluding carboxylic acids is 1. The van der Waals surface area contributed by atoms with Gasteiger partial charge in [-0.15, -0.1) is 0 Å². The summed E-state index contributed by atoms with van der Waals surface area (Å²) < 4.78 is 21.7.